The summed E-state index contributed by atoms with van der Waals surface area (Å²) in [7, 11) is 0. The van der Waals surface area contributed by atoms with Crippen LogP contribution < -0.4 is 4.90 Å². The number of anilines is 1. The van der Waals surface area contributed by atoms with Gasteiger partial charge in [0.25, 0.3) is 0 Å². The predicted octanol–water partition coefficient (Wildman–Crippen LogP) is 2.99. The maximum absolute atomic E-state index is 14.3. The van der Waals surface area contributed by atoms with Crippen LogP contribution in [0.25, 0.3) is 10.9 Å². The summed E-state index contributed by atoms with van der Waals surface area (Å²) in [4.78, 5) is 6.28. The van der Waals surface area contributed by atoms with E-state index < -0.39 is 0 Å². The number of hydrogen-bond acceptors (Lipinski definition) is 3. The van der Waals surface area contributed by atoms with Crippen LogP contribution in [0.3, 0.4) is 0 Å². The van der Waals surface area contributed by atoms with E-state index in [1.54, 1.807) is 25.1 Å². The molecule has 1 aliphatic heterocycles. The zero-order chi connectivity index (χ0) is 12.7. The zero-order valence-corrected chi connectivity index (χ0v) is 10.3. The highest BCUT2D eigenvalue weighted by Gasteiger charge is 2.21. The summed E-state index contributed by atoms with van der Waals surface area (Å²) >= 11 is 0. The third kappa shape index (κ3) is 1.68. The Bertz CT molecular complexity index is 606. The van der Waals surface area contributed by atoms with Crippen molar-refractivity contribution in [1.82, 2.24) is 4.98 Å². The topological polar surface area (TPSA) is 36.4 Å². The van der Waals surface area contributed by atoms with Gasteiger partial charge in [0.2, 0.25) is 0 Å². The fourth-order valence-corrected chi connectivity index (χ4v) is 2.58. The van der Waals surface area contributed by atoms with Crippen molar-refractivity contribution in [2.24, 2.45) is 0 Å². The van der Waals surface area contributed by atoms with Crippen molar-refractivity contribution in [2.75, 3.05) is 18.0 Å². The first kappa shape index (κ1) is 11.3. The number of aryl methyl sites for hydroxylation is 1. The van der Waals surface area contributed by atoms with Gasteiger partial charge in [-0.15, -0.1) is 0 Å². The molecule has 0 saturated carbocycles. The van der Waals surface area contributed by atoms with Crippen molar-refractivity contribution in [3.63, 3.8) is 0 Å². The Kier molecular flexibility index (Phi) is 2.58. The van der Waals surface area contributed by atoms with E-state index in [-0.39, 0.29) is 11.6 Å². The summed E-state index contributed by atoms with van der Waals surface area (Å²) in [6.45, 7) is 3.44. The Labute approximate surface area is 105 Å². The number of fused-ring (bicyclic) bond motifs is 1. The molecule has 0 spiro atoms. The van der Waals surface area contributed by atoms with Crippen molar-refractivity contribution in [3.8, 4) is 5.75 Å². The second-order valence-corrected chi connectivity index (χ2v) is 4.76. The largest absolute Gasteiger partial charge is 0.508 e. The fraction of sp³-hybridized carbons (Fsp3) is 0.357. The van der Waals surface area contributed by atoms with Crippen LogP contribution in [-0.4, -0.2) is 23.2 Å². The lowest BCUT2D eigenvalue weighted by molar-refractivity contribution is 0.476. The van der Waals surface area contributed by atoms with Gasteiger partial charge in [-0.25, -0.2) is 9.37 Å². The van der Waals surface area contributed by atoms with Gasteiger partial charge in [0.15, 0.2) is 5.82 Å². The van der Waals surface area contributed by atoms with Gasteiger partial charge in [0.05, 0.1) is 16.9 Å². The lowest BCUT2D eigenvalue weighted by atomic mass is 10.1. The van der Waals surface area contributed by atoms with Crippen molar-refractivity contribution < 1.29 is 9.50 Å². The molecule has 3 rings (SSSR count). The van der Waals surface area contributed by atoms with Crippen LogP contribution in [-0.2, 0) is 0 Å². The highest BCUT2D eigenvalue weighted by molar-refractivity contribution is 5.93. The molecule has 1 aromatic heterocycles. The van der Waals surface area contributed by atoms with E-state index in [0.717, 1.165) is 31.3 Å². The zero-order valence-electron chi connectivity index (χ0n) is 10.3. The average Bonchev–Trinajstić information content (AvgIpc) is 2.84. The summed E-state index contributed by atoms with van der Waals surface area (Å²) in [6, 6.07) is 4.91. The van der Waals surface area contributed by atoms with E-state index >= 15 is 0 Å². The second-order valence-electron chi connectivity index (χ2n) is 4.76. The number of aromatic hydroxyl groups is 1. The highest BCUT2D eigenvalue weighted by atomic mass is 19.1. The molecule has 0 radical (unpaired) electrons. The lowest BCUT2D eigenvalue weighted by Crippen LogP contribution is -2.20. The summed E-state index contributed by atoms with van der Waals surface area (Å²) in [6.07, 6.45) is 2.20. The summed E-state index contributed by atoms with van der Waals surface area (Å²) in [5.41, 5.74) is 1.67. The van der Waals surface area contributed by atoms with Gasteiger partial charge in [0, 0.05) is 24.5 Å². The standard InChI is InChI=1S/C14H15FN2O/c1-9-13(15)14(17-6-2-3-7-17)11-5-4-10(18)8-12(11)16-9/h4-5,8,18H,2-3,6-7H2,1H3. The molecule has 0 unspecified atom stereocenters. The number of pyridine rings is 1. The molecule has 2 heterocycles. The third-order valence-electron chi connectivity index (χ3n) is 3.47. The number of nitrogens with zero attached hydrogens (tertiary/aromatic N) is 2. The van der Waals surface area contributed by atoms with E-state index in [2.05, 4.69) is 9.88 Å². The van der Waals surface area contributed by atoms with Gasteiger partial charge >= 0.3 is 0 Å². The number of phenols is 1. The fourth-order valence-electron chi connectivity index (χ4n) is 2.58. The monoisotopic (exact) mass is 246 g/mol. The molecule has 1 fully saturated rings. The van der Waals surface area contributed by atoms with Gasteiger partial charge in [0.1, 0.15) is 5.75 Å². The van der Waals surface area contributed by atoms with E-state index in [1.165, 1.54) is 0 Å². The normalized spacial score (nSPS) is 15.6. The van der Waals surface area contributed by atoms with Crippen LogP contribution in [0.4, 0.5) is 10.1 Å². The Balaban J connectivity index is 2.29. The Morgan fingerprint density at radius 3 is 2.72 bits per heavy atom. The molecule has 94 valence electrons. The number of benzene rings is 1. The van der Waals surface area contributed by atoms with Crippen molar-refractivity contribution in [3.05, 3.63) is 29.7 Å². The molecule has 1 N–H and O–H groups in total. The van der Waals surface area contributed by atoms with Gasteiger partial charge < -0.3 is 10.0 Å². The summed E-state index contributed by atoms with van der Waals surface area (Å²) in [5, 5.41) is 10.3. The molecule has 0 aliphatic carbocycles. The van der Waals surface area contributed by atoms with E-state index in [4.69, 9.17) is 0 Å². The van der Waals surface area contributed by atoms with Crippen LogP contribution in [0.15, 0.2) is 18.2 Å². The first-order valence-electron chi connectivity index (χ1n) is 6.20. The molecular weight excluding hydrogens is 231 g/mol. The summed E-state index contributed by atoms with van der Waals surface area (Å²) < 4.78 is 14.3. The quantitative estimate of drug-likeness (QED) is 0.840. The van der Waals surface area contributed by atoms with Gasteiger partial charge in [-0.05, 0) is 31.9 Å². The molecule has 4 heteroatoms. The Morgan fingerprint density at radius 1 is 1.28 bits per heavy atom. The van der Waals surface area contributed by atoms with Gasteiger partial charge in [-0.3, -0.25) is 0 Å². The minimum Gasteiger partial charge on any atom is -0.508 e. The molecule has 1 aliphatic rings. The number of hydrogen-bond donors (Lipinski definition) is 1. The Hall–Kier alpha value is -1.84. The van der Waals surface area contributed by atoms with Crippen LogP contribution in [0.2, 0.25) is 0 Å². The molecule has 2 aromatic rings. The van der Waals surface area contributed by atoms with Crippen LogP contribution in [0.1, 0.15) is 18.5 Å². The first-order chi connectivity index (χ1) is 8.66. The van der Waals surface area contributed by atoms with Crippen molar-refractivity contribution >= 4 is 16.6 Å². The molecule has 1 saturated heterocycles. The van der Waals surface area contributed by atoms with E-state index in [0.29, 0.717) is 16.9 Å². The Morgan fingerprint density at radius 2 is 2.00 bits per heavy atom. The van der Waals surface area contributed by atoms with Gasteiger partial charge in [-0.2, -0.15) is 0 Å². The molecule has 0 atom stereocenters. The lowest BCUT2D eigenvalue weighted by Gasteiger charge is -2.21. The molecule has 0 bridgehead atoms. The van der Waals surface area contributed by atoms with E-state index in [1.807, 2.05) is 0 Å². The molecule has 3 nitrogen and oxygen atoms in total. The third-order valence-corrected chi connectivity index (χ3v) is 3.47. The van der Waals surface area contributed by atoms with Crippen molar-refractivity contribution in [2.45, 2.75) is 19.8 Å². The predicted molar refractivity (Wildman–Crippen MR) is 69.5 cm³/mol. The van der Waals surface area contributed by atoms with Crippen LogP contribution in [0, 0.1) is 12.7 Å². The minimum atomic E-state index is -0.241. The maximum Gasteiger partial charge on any atom is 0.168 e. The number of aromatic nitrogens is 1. The van der Waals surface area contributed by atoms with Gasteiger partial charge in [-0.1, -0.05) is 0 Å². The second kappa shape index (κ2) is 4.12. The summed E-state index contributed by atoms with van der Waals surface area (Å²) in [5.74, 6) is -0.0801. The number of phenolic OH excluding ortho intramolecular Hbond substituents is 1. The molecule has 18 heavy (non-hydrogen) atoms. The number of halogens is 1. The average molecular weight is 246 g/mol. The smallest absolute Gasteiger partial charge is 0.168 e. The first-order valence-corrected chi connectivity index (χ1v) is 6.20. The van der Waals surface area contributed by atoms with Crippen LogP contribution >= 0.6 is 0 Å². The molecule has 1 aromatic carbocycles. The SMILES string of the molecule is Cc1nc2cc(O)ccc2c(N2CCCC2)c1F. The van der Waals surface area contributed by atoms with E-state index in [9.17, 15) is 9.50 Å². The number of rotatable bonds is 1. The maximum atomic E-state index is 14.3. The van der Waals surface area contributed by atoms with Crippen LogP contribution in [0.5, 0.6) is 5.75 Å². The molecule has 0 amide bonds. The minimum absolute atomic E-state index is 0.161. The van der Waals surface area contributed by atoms with Crippen molar-refractivity contribution in [1.29, 1.82) is 0 Å². The molecular formula is C14H15FN2O. The highest BCUT2D eigenvalue weighted by Crippen LogP contribution is 2.33.